The van der Waals surface area contributed by atoms with E-state index in [1.807, 2.05) is 22.6 Å². The summed E-state index contributed by atoms with van der Waals surface area (Å²) in [4.78, 5) is 13.7. The number of carbonyl (C=O) groups is 1. The molecule has 0 aliphatic heterocycles. The average Bonchev–Trinajstić information content (AvgIpc) is 2.42. The van der Waals surface area contributed by atoms with Crippen LogP contribution in [0, 0.1) is 9.39 Å². The predicted octanol–water partition coefficient (Wildman–Crippen LogP) is 2.85. The molecule has 1 amide bonds. The summed E-state index contributed by atoms with van der Waals surface area (Å²) >= 11 is 2.01. The first-order valence-electron chi connectivity index (χ1n) is 7.03. The third-order valence-electron chi connectivity index (χ3n) is 3.74. The van der Waals surface area contributed by atoms with Crippen molar-refractivity contribution >= 4 is 34.2 Å². The third-order valence-corrected chi connectivity index (χ3v) is 4.36. The van der Waals surface area contributed by atoms with Gasteiger partial charge in [0, 0.05) is 23.7 Å². The Labute approximate surface area is 137 Å². The number of rotatable bonds is 3. The molecule has 1 aromatic rings. The van der Waals surface area contributed by atoms with Gasteiger partial charge >= 0.3 is 0 Å². The SMILES string of the molecule is CN(C)C(=O)c1cc(I)cc(F)c1NC1CCC(O)CC1. The Balaban J connectivity index is 2.27. The number of halogens is 2. The molecule has 1 aliphatic rings. The maximum Gasteiger partial charge on any atom is 0.255 e. The van der Waals surface area contributed by atoms with E-state index in [-0.39, 0.29) is 23.7 Å². The molecule has 2 N–H and O–H groups in total. The standard InChI is InChI=1S/C15H20FIN2O2/c1-19(2)15(21)12-7-9(17)8-13(16)14(12)18-10-3-5-11(20)6-4-10/h7-8,10-11,18,20H,3-6H2,1-2H3. The molecule has 21 heavy (non-hydrogen) atoms. The van der Waals surface area contributed by atoms with Gasteiger partial charge in [0.2, 0.25) is 0 Å². The number of anilines is 1. The molecule has 0 atom stereocenters. The van der Waals surface area contributed by atoms with Crippen LogP contribution in [0.15, 0.2) is 12.1 Å². The van der Waals surface area contributed by atoms with Gasteiger partial charge in [-0.2, -0.15) is 0 Å². The van der Waals surface area contributed by atoms with Crippen molar-refractivity contribution in [3.05, 3.63) is 27.1 Å². The van der Waals surface area contributed by atoms with Crippen LogP contribution >= 0.6 is 22.6 Å². The molecule has 1 fully saturated rings. The molecular weight excluding hydrogens is 386 g/mol. The molecule has 2 rings (SSSR count). The lowest BCUT2D eigenvalue weighted by Crippen LogP contribution is -2.30. The fourth-order valence-electron chi connectivity index (χ4n) is 2.55. The van der Waals surface area contributed by atoms with E-state index in [2.05, 4.69) is 5.32 Å². The Bertz CT molecular complexity index is 529. The number of hydrogen-bond acceptors (Lipinski definition) is 3. The third kappa shape index (κ3) is 4.06. The minimum Gasteiger partial charge on any atom is -0.393 e. The van der Waals surface area contributed by atoms with Gasteiger partial charge in [0.15, 0.2) is 0 Å². The Kier molecular flexibility index (Phi) is 5.43. The minimum atomic E-state index is -0.404. The lowest BCUT2D eigenvalue weighted by atomic mass is 9.92. The van der Waals surface area contributed by atoms with Gasteiger partial charge in [0.1, 0.15) is 5.82 Å². The van der Waals surface area contributed by atoms with Gasteiger partial charge in [0.25, 0.3) is 5.91 Å². The molecule has 0 spiro atoms. The Morgan fingerprint density at radius 2 is 1.95 bits per heavy atom. The summed E-state index contributed by atoms with van der Waals surface area (Å²) < 4.78 is 15.0. The van der Waals surface area contributed by atoms with Crippen LogP contribution in [-0.4, -0.2) is 42.2 Å². The smallest absolute Gasteiger partial charge is 0.255 e. The normalized spacial score (nSPS) is 22.0. The number of aliphatic hydroxyl groups excluding tert-OH is 1. The van der Waals surface area contributed by atoms with Gasteiger partial charge in [-0.15, -0.1) is 0 Å². The van der Waals surface area contributed by atoms with Crippen molar-refractivity contribution in [3.8, 4) is 0 Å². The molecular formula is C15H20FIN2O2. The second-order valence-electron chi connectivity index (χ2n) is 5.66. The van der Waals surface area contributed by atoms with Crippen LogP contribution in [0.25, 0.3) is 0 Å². The van der Waals surface area contributed by atoms with E-state index < -0.39 is 5.82 Å². The van der Waals surface area contributed by atoms with Gasteiger partial charge in [-0.1, -0.05) is 0 Å². The monoisotopic (exact) mass is 406 g/mol. The summed E-state index contributed by atoms with van der Waals surface area (Å²) in [5.74, 6) is -0.621. The maximum absolute atomic E-state index is 14.3. The zero-order valence-corrected chi connectivity index (χ0v) is 14.4. The van der Waals surface area contributed by atoms with Crippen molar-refractivity contribution in [2.24, 2.45) is 0 Å². The average molecular weight is 406 g/mol. The molecule has 6 heteroatoms. The zero-order chi connectivity index (χ0) is 15.6. The molecule has 1 aromatic carbocycles. The summed E-state index contributed by atoms with van der Waals surface area (Å²) in [6, 6.07) is 3.22. The van der Waals surface area contributed by atoms with Gasteiger partial charge in [-0.25, -0.2) is 4.39 Å². The number of nitrogens with zero attached hydrogens (tertiary/aromatic N) is 1. The topological polar surface area (TPSA) is 52.6 Å². The van der Waals surface area contributed by atoms with Crippen molar-refractivity contribution in [1.82, 2.24) is 4.90 Å². The molecule has 0 unspecified atom stereocenters. The van der Waals surface area contributed by atoms with Crippen LogP contribution < -0.4 is 5.32 Å². The molecule has 116 valence electrons. The fraction of sp³-hybridized carbons (Fsp3) is 0.533. The second kappa shape index (κ2) is 6.91. The molecule has 0 heterocycles. The van der Waals surface area contributed by atoms with E-state index in [0.29, 0.717) is 22.0 Å². The van der Waals surface area contributed by atoms with E-state index in [1.54, 1.807) is 20.2 Å². The second-order valence-corrected chi connectivity index (χ2v) is 6.91. The van der Waals surface area contributed by atoms with E-state index >= 15 is 0 Å². The van der Waals surface area contributed by atoms with Crippen molar-refractivity contribution in [2.45, 2.75) is 37.8 Å². The Morgan fingerprint density at radius 3 is 2.52 bits per heavy atom. The van der Waals surface area contributed by atoms with Crippen molar-refractivity contribution < 1.29 is 14.3 Å². The van der Waals surface area contributed by atoms with E-state index in [4.69, 9.17) is 0 Å². The number of nitrogens with one attached hydrogen (secondary N) is 1. The number of amides is 1. The minimum absolute atomic E-state index is 0.0941. The molecule has 1 aliphatic carbocycles. The first-order chi connectivity index (χ1) is 9.88. The van der Waals surface area contributed by atoms with Crippen molar-refractivity contribution in [3.63, 3.8) is 0 Å². The van der Waals surface area contributed by atoms with Crippen LogP contribution in [0.1, 0.15) is 36.0 Å². The predicted molar refractivity (Wildman–Crippen MR) is 89.0 cm³/mol. The van der Waals surface area contributed by atoms with Crippen LogP contribution in [-0.2, 0) is 0 Å². The molecule has 0 saturated heterocycles. The van der Waals surface area contributed by atoms with E-state index in [1.165, 1.54) is 11.0 Å². The van der Waals surface area contributed by atoms with E-state index in [0.717, 1.165) is 12.8 Å². The number of aliphatic hydroxyl groups is 1. The first kappa shape index (κ1) is 16.5. The Morgan fingerprint density at radius 1 is 1.33 bits per heavy atom. The van der Waals surface area contributed by atoms with Crippen LogP contribution in [0.5, 0.6) is 0 Å². The Hall–Kier alpha value is -0.890. The zero-order valence-electron chi connectivity index (χ0n) is 12.2. The number of carbonyl (C=O) groups excluding carboxylic acids is 1. The fourth-order valence-corrected chi connectivity index (χ4v) is 3.14. The van der Waals surface area contributed by atoms with Crippen LogP contribution in [0.2, 0.25) is 0 Å². The van der Waals surface area contributed by atoms with Gasteiger partial charge < -0.3 is 15.3 Å². The maximum atomic E-state index is 14.3. The van der Waals surface area contributed by atoms with Gasteiger partial charge in [-0.05, 0) is 60.4 Å². The first-order valence-corrected chi connectivity index (χ1v) is 8.11. The number of benzene rings is 1. The molecule has 0 radical (unpaired) electrons. The number of hydrogen-bond donors (Lipinski definition) is 2. The van der Waals surface area contributed by atoms with Crippen molar-refractivity contribution in [1.29, 1.82) is 0 Å². The van der Waals surface area contributed by atoms with Gasteiger partial charge in [-0.3, -0.25) is 4.79 Å². The molecule has 0 bridgehead atoms. The largest absolute Gasteiger partial charge is 0.393 e. The van der Waals surface area contributed by atoms with Crippen molar-refractivity contribution in [2.75, 3.05) is 19.4 Å². The highest BCUT2D eigenvalue weighted by Gasteiger charge is 2.24. The summed E-state index contributed by atoms with van der Waals surface area (Å²) in [5, 5.41) is 12.7. The molecule has 0 aromatic heterocycles. The highest BCUT2D eigenvalue weighted by molar-refractivity contribution is 14.1. The van der Waals surface area contributed by atoms with Crippen LogP contribution in [0.4, 0.5) is 10.1 Å². The van der Waals surface area contributed by atoms with Crippen LogP contribution in [0.3, 0.4) is 0 Å². The summed E-state index contributed by atoms with van der Waals surface area (Å²) in [6.45, 7) is 0. The summed E-state index contributed by atoms with van der Waals surface area (Å²) in [7, 11) is 3.31. The summed E-state index contributed by atoms with van der Waals surface area (Å²) in [5.41, 5.74) is 0.631. The highest BCUT2D eigenvalue weighted by Crippen LogP contribution is 2.28. The summed E-state index contributed by atoms with van der Waals surface area (Å²) in [6.07, 6.45) is 2.72. The van der Waals surface area contributed by atoms with Gasteiger partial charge in [0.05, 0.1) is 17.4 Å². The lowest BCUT2D eigenvalue weighted by Gasteiger charge is -2.28. The molecule has 1 saturated carbocycles. The highest BCUT2D eigenvalue weighted by atomic mass is 127. The van der Waals surface area contributed by atoms with E-state index in [9.17, 15) is 14.3 Å². The molecule has 4 nitrogen and oxygen atoms in total. The lowest BCUT2D eigenvalue weighted by molar-refractivity contribution is 0.0827. The quantitative estimate of drug-likeness (QED) is 0.760.